The lowest BCUT2D eigenvalue weighted by Crippen LogP contribution is -2.52. The number of rotatable bonds is 11. The fraction of sp³-hybridized carbons (Fsp3) is 0.417. The Morgan fingerprint density at radius 1 is 1.18 bits per heavy atom. The fourth-order valence-electron chi connectivity index (χ4n) is 4.03. The number of ether oxygens (including phenoxy) is 1. The van der Waals surface area contributed by atoms with E-state index in [0.29, 0.717) is 43.0 Å². The van der Waals surface area contributed by atoms with Crippen molar-refractivity contribution in [2.24, 2.45) is 11.5 Å². The molecule has 0 spiro atoms. The highest BCUT2D eigenvalue weighted by atomic mass is 16.5. The number of nitrogens with one attached hydrogen (secondary N) is 2. The Morgan fingerprint density at radius 3 is 2.71 bits per heavy atom. The second-order valence-electron chi connectivity index (χ2n) is 8.22. The lowest BCUT2D eigenvalue weighted by atomic mass is 10.0. The summed E-state index contributed by atoms with van der Waals surface area (Å²) >= 11 is 0. The average Bonchev–Trinajstić information content (AvgIpc) is 3.14. The number of carbonyl (C=O) groups excluding carboxylic acids is 4. The maximum atomic E-state index is 12.7. The maximum absolute atomic E-state index is 12.7. The van der Waals surface area contributed by atoms with Gasteiger partial charge in [-0.3, -0.25) is 24.5 Å². The molecule has 1 saturated heterocycles. The molecule has 0 aliphatic carbocycles. The molecule has 1 unspecified atom stereocenters. The third kappa shape index (κ3) is 6.15. The predicted octanol–water partition coefficient (Wildman–Crippen LogP) is 0.818. The number of hydrogen-bond acceptors (Lipinski definition) is 7. The van der Waals surface area contributed by atoms with Crippen molar-refractivity contribution in [3.05, 3.63) is 53.4 Å². The van der Waals surface area contributed by atoms with E-state index < -0.39 is 11.9 Å². The van der Waals surface area contributed by atoms with Gasteiger partial charge >= 0.3 is 0 Å². The summed E-state index contributed by atoms with van der Waals surface area (Å²) in [5.41, 5.74) is 12.4. The van der Waals surface area contributed by atoms with Crippen LogP contribution in [0.5, 0.6) is 5.75 Å². The number of benzene rings is 1. The van der Waals surface area contributed by atoms with E-state index in [1.165, 1.54) is 23.4 Å². The normalized spacial score (nSPS) is 18.2. The van der Waals surface area contributed by atoms with Crippen LogP contribution in [0, 0.1) is 0 Å². The second-order valence-corrected chi connectivity index (χ2v) is 8.22. The highest BCUT2D eigenvalue weighted by Crippen LogP contribution is 2.30. The van der Waals surface area contributed by atoms with Gasteiger partial charge in [-0.2, -0.15) is 0 Å². The smallest absolute Gasteiger partial charge is 0.255 e. The van der Waals surface area contributed by atoms with Crippen molar-refractivity contribution in [2.75, 3.05) is 13.2 Å². The first kappa shape index (κ1) is 24.8. The molecule has 0 saturated carbocycles. The molecule has 1 aromatic rings. The molecule has 2 aliphatic rings. The molecular formula is C24H31N5O5. The van der Waals surface area contributed by atoms with Gasteiger partial charge in [-0.25, -0.2) is 0 Å². The van der Waals surface area contributed by atoms with Crippen molar-refractivity contribution in [1.82, 2.24) is 15.5 Å². The predicted molar refractivity (Wildman–Crippen MR) is 125 cm³/mol. The minimum Gasteiger partial charge on any atom is -0.494 e. The molecule has 2 heterocycles. The number of amides is 4. The van der Waals surface area contributed by atoms with Crippen LogP contribution in [0.4, 0.5) is 0 Å². The van der Waals surface area contributed by atoms with Gasteiger partial charge in [0, 0.05) is 31.3 Å². The Labute approximate surface area is 198 Å². The summed E-state index contributed by atoms with van der Waals surface area (Å²) in [4.78, 5) is 49.6. The molecule has 3 rings (SSSR count). The Balaban J connectivity index is 1.36. The van der Waals surface area contributed by atoms with E-state index in [0.717, 1.165) is 31.2 Å². The summed E-state index contributed by atoms with van der Waals surface area (Å²) in [6.07, 6.45) is 8.10. The zero-order valence-electron chi connectivity index (χ0n) is 19.0. The third-order valence-corrected chi connectivity index (χ3v) is 5.84. The Kier molecular flexibility index (Phi) is 8.66. The Bertz CT molecular complexity index is 1000. The number of imide groups is 1. The minimum atomic E-state index is -0.623. The molecule has 10 nitrogen and oxygen atoms in total. The number of piperidine rings is 1. The lowest BCUT2D eigenvalue weighted by molar-refractivity contribution is -0.137. The van der Waals surface area contributed by atoms with E-state index in [1.54, 1.807) is 12.1 Å². The van der Waals surface area contributed by atoms with Crippen molar-refractivity contribution in [3.8, 4) is 5.75 Å². The van der Waals surface area contributed by atoms with Gasteiger partial charge in [0.2, 0.25) is 11.8 Å². The summed E-state index contributed by atoms with van der Waals surface area (Å²) in [5.74, 6) is -0.492. The van der Waals surface area contributed by atoms with E-state index in [1.807, 2.05) is 6.07 Å². The molecule has 0 radical (unpaired) electrons. The van der Waals surface area contributed by atoms with E-state index in [-0.39, 0.29) is 24.1 Å². The van der Waals surface area contributed by atoms with Gasteiger partial charge in [-0.15, -0.1) is 0 Å². The van der Waals surface area contributed by atoms with E-state index in [2.05, 4.69) is 10.6 Å². The molecule has 4 amide bonds. The van der Waals surface area contributed by atoms with Crippen molar-refractivity contribution >= 4 is 23.6 Å². The third-order valence-electron chi connectivity index (χ3n) is 5.84. The van der Waals surface area contributed by atoms with Crippen LogP contribution in [0.15, 0.2) is 42.2 Å². The number of carbonyl (C=O) groups is 4. The van der Waals surface area contributed by atoms with Crippen LogP contribution in [0.25, 0.3) is 0 Å². The summed E-state index contributed by atoms with van der Waals surface area (Å²) in [5, 5.41) is 5.10. The molecule has 182 valence electrons. The first-order valence-corrected chi connectivity index (χ1v) is 11.4. The first-order valence-electron chi connectivity index (χ1n) is 11.4. The molecular weight excluding hydrogens is 438 g/mol. The number of nitrogens with two attached hydrogens (primary N) is 2. The van der Waals surface area contributed by atoms with Gasteiger partial charge in [-0.05, 0) is 55.3 Å². The van der Waals surface area contributed by atoms with Gasteiger partial charge in [0.1, 0.15) is 11.8 Å². The number of nitrogens with zero attached hydrogens (tertiary/aromatic N) is 1. The van der Waals surface area contributed by atoms with E-state index in [4.69, 9.17) is 16.2 Å². The molecule has 2 aliphatic heterocycles. The molecule has 34 heavy (non-hydrogen) atoms. The van der Waals surface area contributed by atoms with Crippen LogP contribution in [0.3, 0.4) is 0 Å². The molecule has 0 bridgehead atoms. The Morgan fingerprint density at radius 2 is 1.97 bits per heavy atom. The molecule has 1 aromatic carbocycles. The topological polar surface area (TPSA) is 157 Å². The molecule has 0 aromatic heterocycles. The standard InChI is InChI=1S/C24H31N5O5/c25-10-9-16(14-26)22(31)27-11-3-1-2-4-12-34-18-5-6-19-17(13-18)15-29(24(19)33)20-7-8-21(30)28-23(20)32/h5-6,9-10,13-14,20H,1-4,7-8,11-12,15,25-26H2,(H,27,31)(H,28,30,32)/b10-9-,16-14+. The highest BCUT2D eigenvalue weighted by molar-refractivity contribution is 6.05. The van der Waals surface area contributed by atoms with Crippen molar-refractivity contribution in [1.29, 1.82) is 0 Å². The molecule has 6 N–H and O–H groups in total. The fourth-order valence-corrected chi connectivity index (χ4v) is 4.03. The summed E-state index contributed by atoms with van der Waals surface area (Å²) in [6, 6.07) is 4.71. The highest BCUT2D eigenvalue weighted by Gasteiger charge is 2.39. The average molecular weight is 470 g/mol. The van der Waals surface area contributed by atoms with Crippen LogP contribution in [0.2, 0.25) is 0 Å². The summed E-state index contributed by atoms with van der Waals surface area (Å²) in [7, 11) is 0. The quantitative estimate of drug-likeness (QED) is 0.162. The zero-order chi connectivity index (χ0) is 24.5. The minimum absolute atomic E-state index is 0.198. The number of unbranched alkanes of at least 4 members (excludes halogenated alkanes) is 3. The van der Waals surface area contributed by atoms with Crippen molar-refractivity contribution in [3.63, 3.8) is 0 Å². The van der Waals surface area contributed by atoms with Gasteiger partial charge in [-0.1, -0.05) is 12.8 Å². The van der Waals surface area contributed by atoms with Crippen LogP contribution in [0.1, 0.15) is 54.4 Å². The van der Waals surface area contributed by atoms with Gasteiger partial charge in [0.25, 0.3) is 11.8 Å². The largest absolute Gasteiger partial charge is 0.494 e. The number of hydrogen-bond donors (Lipinski definition) is 4. The molecule has 1 atom stereocenters. The lowest BCUT2D eigenvalue weighted by Gasteiger charge is -2.29. The number of fused-ring (bicyclic) bond motifs is 1. The molecule has 10 heteroatoms. The van der Waals surface area contributed by atoms with E-state index in [9.17, 15) is 19.2 Å². The van der Waals surface area contributed by atoms with Crippen LogP contribution in [-0.2, 0) is 20.9 Å². The van der Waals surface area contributed by atoms with Crippen LogP contribution in [-0.4, -0.2) is 47.7 Å². The zero-order valence-corrected chi connectivity index (χ0v) is 19.0. The maximum Gasteiger partial charge on any atom is 0.255 e. The van der Waals surface area contributed by atoms with Crippen molar-refractivity contribution < 1.29 is 23.9 Å². The van der Waals surface area contributed by atoms with Crippen molar-refractivity contribution in [2.45, 2.75) is 51.1 Å². The molecule has 1 fully saturated rings. The SMILES string of the molecule is N/C=C\C(=C/N)C(=O)NCCCCCCOc1ccc2c(c1)CN(C1CCC(=O)NC1=O)C2=O. The first-order chi connectivity index (χ1) is 16.4. The van der Waals surface area contributed by atoms with Gasteiger partial charge in [0.05, 0.1) is 12.2 Å². The Hall–Kier alpha value is -3.82. The van der Waals surface area contributed by atoms with E-state index >= 15 is 0 Å². The second kappa shape index (κ2) is 11.9. The summed E-state index contributed by atoms with van der Waals surface area (Å²) < 4.78 is 5.84. The van der Waals surface area contributed by atoms with Gasteiger partial charge in [0.15, 0.2) is 0 Å². The monoisotopic (exact) mass is 469 g/mol. The van der Waals surface area contributed by atoms with Gasteiger partial charge < -0.3 is 26.4 Å². The summed E-state index contributed by atoms with van der Waals surface area (Å²) in [6.45, 7) is 1.42. The van der Waals surface area contributed by atoms with Crippen LogP contribution < -0.4 is 26.8 Å². The van der Waals surface area contributed by atoms with Crippen LogP contribution >= 0.6 is 0 Å².